The fourth-order valence-electron chi connectivity index (χ4n) is 4.26. The first kappa shape index (κ1) is 29.3. The van der Waals surface area contributed by atoms with Crippen molar-refractivity contribution in [2.45, 2.75) is 24.0 Å². The zero-order valence-electron chi connectivity index (χ0n) is 23.0. The molecule has 1 unspecified atom stereocenters. The van der Waals surface area contributed by atoms with Gasteiger partial charge in [-0.3, -0.25) is 9.59 Å². The van der Waals surface area contributed by atoms with E-state index in [0.29, 0.717) is 26.7 Å². The first-order valence-electron chi connectivity index (χ1n) is 13.3. The Kier molecular flexibility index (Phi) is 9.53. The van der Waals surface area contributed by atoms with Gasteiger partial charge in [0.1, 0.15) is 15.8 Å². The Morgan fingerprint density at radius 3 is 2.38 bits per heavy atom. The summed E-state index contributed by atoms with van der Waals surface area (Å²) in [6, 6.07) is 28.4. The first-order chi connectivity index (χ1) is 20.4. The van der Waals surface area contributed by atoms with Crippen LogP contribution in [0.4, 0.5) is 10.7 Å². The minimum Gasteiger partial charge on any atom is -0.462 e. The van der Waals surface area contributed by atoms with E-state index >= 15 is 0 Å². The van der Waals surface area contributed by atoms with E-state index in [0.717, 1.165) is 21.6 Å². The van der Waals surface area contributed by atoms with Gasteiger partial charge >= 0.3 is 5.97 Å². The maximum Gasteiger partial charge on any atom is 0.341 e. The molecule has 2 N–H and O–H groups in total. The Morgan fingerprint density at radius 1 is 0.881 bits per heavy atom. The van der Waals surface area contributed by atoms with Gasteiger partial charge in [-0.1, -0.05) is 72.3 Å². The Labute approximate surface area is 256 Å². The van der Waals surface area contributed by atoms with Crippen molar-refractivity contribution in [1.29, 1.82) is 0 Å². The van der Waals surface area contributed by atoms with Gasteiger partial charge in [-0.05, 0) is 54.6 Å². The first-order valence-corrected chi connectivity index (χ1v) is 15.9. The molecular formula is C33H28N2O4S3. The fourth-order valence-corrected chi connectivity index (χ4v) is 6.93. The maximum absolute atomic E-state index is 13.9. The number of hydrogen-bond acceptors (Lipinski definition) is 7. The normalized spacial score (nSPS) is 11.5. The molecule has 42 heavy (non-hydrogen) atoms. The van der Waals surface area contributed by atoms with Gasteiger partial charge in [0.05, 0.1) is 11.5 Å². The number of ether oxygens (including phenoxy) is 1. The molecule has 212 valence electrons. The van der Waals surface area contributed by atoms with Crippen LogP contribution < -0.4 is 10.6 Å². The van der Waals surface area contributed by atoms with Crippen molar-refractivity contribution < 1.29 is 19.1 Å². The summed E-state index contributed by atoms with van der Waals surface area (Å²) in [5, 5.41) is 9.49. The van der Waals surface area contributed by atoms with Crippen LogP contribution in [0.25, 0.3) is 11.1 Å². The van der Waals surface area contributed by atoms with Gasteiger partial charge in [-0.25, -0.2) is 4.79 Å². The fraction of sp³-hybridized carbons (Fsp3) is 0.121. The molecule has 0 saturated heterocycles. The van der Waals surface area contributed by atoms with E-state index in [1.54, 1.807) is 13.0 Å². The molecule has 2 heterocycles. The molecule has 3 aromatic carbocycles. The van der Waals surface area contributed by atoms with Gasteiger partial charge in [0.2, 0.25) is 5.91 Å². The van der Waals surface area contributed by atoms with Crippen LogP contribution in [0, 0.1) is 6.92 Å². The number of rotatable bonds is 10. The van der Waals surface area contributed by atoms with Gasteiger partial charge in [-0.2, -0.15) is 0 Å². The van der Waals surface area contributed by atoms with Crippen molar-refractivity contribution in [3.63, 3.8) is 0 Å². The number of carbonyl (C=O) groups is 3. The number of hydrogen-bond donors (Lipinski definition) is 2. The van der Waals surface area contributed by atoms with E-state index < -0.39 is 11.2 Å². The quantitative estimate of drug-likeness (QED) is 0.122. The molecule has 0 aliphatic carbocycles. The molecule has 9 heteroatoms. The Morgan fingerprint density at radius 2 is 1.67 bits per heavy atom. The second-order valence-corrected chi connectivity index (χ2v) is 12.3. The van der Waals surface area contributed by atoms with Gasteiger partial charge in [-0.15, -0.1) is 34.4 Å². The highest BCUT2D eigenvalue weighted by atomic mass is 32.2. The third-order valence-corrected chi connectivity index (χ3v) is 9.31. The SMILES string of the molecule is CCOC(=O)c1c(-c2ccc(C)cc2)csc1NC(=O)C(Sc1cccc(NC(=O)c2cccs2)c1)c1ccccc1. The van der Waals surface area contributed by atoms with E-state index in [-0.39, 0.29) is 18.4 Å². The molecule has 0 aliphatic rings. The van der Waals surface area contributed by atoms with E-state index in [1.807, 2.05) is 103 Å². The molecule has 5 rings (SSSR count). The minimum absolute atomic E-state index is 0.182. The lowest BCUT2D eigenvalue weighted by molar-refractivity contribution is -0.115. The number of thioether (sulfide) groups is 1. The molecule has 0 aliphatic heterocycles. The highest BCUT2D eigenvalue weighted by Crippen LogP contribution is 2.40. The topological polar surface area (TPSA) is 84.5 Å². The summed E-state index contributed by atoms with van der Waals surface area (Å²) in [5.41, 5.74) is 4.48. The second kappa shape index (κ2) is 13.7. The third-order valence-electron chi connectivity index (χ3n) is 6.30. The lowest BCUT2D eigenvalue weighted by atomic mass is 10.0. The summed E-state index contributed by atoms with van der Waals surface area (Å²) in [5.74, 6) is -0.942. The van der Waals surface area contributed by atoms with Crippen molar-refractivity contribution in [3.05, 3.63) is 123 Å². The minimum atomic E-state index is -0.630. The number of thiophene rings is 2. The van der Waals surface area contributed by atoms with Gasteiger partial charge < -0.3 is 15.4 Å². The average Bonchev–Trinajstić information content (AvgIpc) is 3.68. The summed E-state index contributed by atoms with van der Waals surface area (Å²) in [6.07, 6.45) is 0. The summed E-state index contributed by atoms with van der Waals surface area (Å²) in [7, 11) is 0. The molecule has 2 aromatic heterocycles. The van der Waals surface area contributed by atoms with Crippen LogP contribution in [0.5, 0.6) is 0 Å². The summed E-state index contributed by atoms with van der Waals surface area (Å²) in [4.78, 5) is 41.0. The number of anilines is 2. The highest BCUT2D eigenvalue weighted by molar-refractivity contribution is 8.00. The van der Waals surface area contributed by atoms with Crippen molar-refractivity contribution in [2.24, 2.45) is 0 Å². The Bertz CT molecular complexity index is 1680. The largest absolute Gasteiger partial charge is 0.462 e. The van der Waals surface area contributed by atoms with Crippen LogP contribution in [0.1, 0.15) is 43.3 Å². The van der Waals surface area contributed by atoms with Crippen LogP contribution in [0.3, 0.4) is 0 Å². The second-order valence-electron chi connectivity index (χ2n) is 9.30. The van der Waals surface area contributed by atoms with Crippen molar-refractivity contribution in [3.8, 4) is 11.1 Å². The number of esters is 1. The maximum atomic E-state index is 13.9. The molecule has 0 radical (unpaired) electrons. The lowest BCUT2D eigenvalue weighted by Crippen LogP contribution is -2.20. The number of aryl methyl sites for hydroxylation is 1. The number of amides is 2. The molecule has 0 spiro atoms. The molecule has 0 fully saturated rings. The predicted octanol–water partition coefficient (Wildman–Crippen LogP) is 8.69. The molecule has 6 nitrogen and oxygen atoms in total. The molecule has 1 atom stereocenters. The van der Waals surface area contributed by atoms with Gasteiger partial charge in [0.15, 0.2) is 0 Å². The van der Waals surface area contributed by atoms with E-state index in [2.05, 4.69) is 10.6 Å². The number of carbonyl (C=O) groups excluding carboxylic acids is 3. The van der Waals surface area contributed by atoms with E-state index in [4.69, 9.17) is 4.74 Å². The van der Waals surface area contributed by atoms with Crippen molar-refractivity contribution >= 4 is 62.9 Å². The number of benzene rings is 3. The lowest BCUT2D eigenvalue weighted by Gasteiger charge is -2.18. The van der Waals surface area contributed by atoms with Gasteiger partial charge in [0.25, 0.3) is 5.91 Å². The smallest absolute Gasteiger partial charge is 0.341 e. The third kappa shape index (κ3) is 6.99. The van der Waals surface area contributed by atoms with Crippen LogP contribution in [0.2, 0.25) is 0 Å². The molecule has 0 bridgehead atoms. The van der Waals surface area contributed by atoms with Crippen LogP contribution in [-0.4, -0.2) is 24.4 Å². The van der Waals surface area contributed by atoms with Crippen LogP contribution in [-0.2, 0) is 9.53 Å². The Balaban J connectivity index is 1.43. The standard InChI is InChI=1S/C33H28N2O4S3/c1-3-39-33(38)28-26(22-16-14-21(2)15-17-22)20-41-32(28)35-31(37)29(23-9-5-4-6-10-23)42-25-12-7-11-24(19-25)34-30(36)27-13-8-18-40-27/h4-20,29H,3H2,1-2H3,(H,34,36)(H,35,37). The highest BCUT2D eigenvalue weighted by Gasteiger charge is 2.27. The monoisotopic (exact) mass is 612 g/mol. The molecule has 5 aromatic rings. The number of nitrogens with one attached hydrogen (secondary N) is 2. The summed E-state index contributed by atoms with van der Waals surface area (Å²) >= 11 is 4.03. The predicted molar refractivity (Wildman–Crippen MR) is 173 cm³/mol. The van der Waals surface area contributed by atoms with E-state index in [9.17, 15) is 14.4 Å². The average molecular weight is 613 g/mol. The molecule has 2 amide bonds. The van der Waals surface area contributed by atoms with Crippen LogP contribution >= 0.6 is 34.4 Å². The van der Waals surface area contributed by atoms with Crippen molar-refractivity contribution in [1.82, 2.24) is 0 Å². The summed E-state index contributed by atoms with van der Waals surface area (Å²) < 4.78 is 5.38. The van der Waals surface area contributed by atoms with Gasteiger partial charge in [0, 0.05) is 21.5 Å². The van der Waals surface area contributed by atoms with E-state index in [1.165, 1.54) is 34.4 Å². The Hall–Kier alpha value is -4.18. The van der Waals surface area contributed by atoms with Crippen LogP contribution in [0.15, 0.2) is 107 Å². The molecular weight excluding hydrogens is 585 g/mol. The zero-order valence-corrected chi connectivity index (χ0v) is 25.4. The summed E-state index contributed by atoms with van der Waals surface area (Å²) in [6.45, 7) is 3.98. The zero-order chi connectivity index (χ0) is 29.5. The molecule has 0 saturated carbocycles. The van der Waals surface area contributed by atoms with Crippen molar-refractivity contribution in [2.75, 3.05) is 17.2 Å².